The molecule has 0 saturated heterocycles. The number of Topliss-reactive ketones (excluding diaryl/α,β-unsaturated/α-hetero) is 1. The van der Waals surface area contributed by atoms with Crippen LogP contribution in [0.1, 0.15) is 48.5 Å². The summed E-state index contributed by atoms with van der Waals surface area (Å²) >= 11 is 4.25. The fraction of sp³-hybridized carbons (Fsp3) is 0.435. The third kappa shape index (κ3) is 9.21. The lowest BCUT2D eigenvalue weighted by molar-refractivity contribution is -0.136. The number of nitrogens with zero attached hydrogens (tertiary/aromatic N) is 2. The molecule has 12 nitrogen and oxygen atoms in total. The highest BCUT2D eigenvalue weighted by molar-refractivity contribution is 9.11. The van der Waals surface area contributed by atoms with Crippen LogP contribution in [0.25, 0.3) is 0 Å². The average molecular weight is 597 g/mol. The van der Waals surface area contributed by atoms with Gasteiger partial charge in [0, 0.05) is 19.2 Å². The summed E-state index contributed by atoms with van der Waals surface area (Å²) in [6.45, 7) is 5.91. The molecule has 1 atom stereocenters. The Morgan fingerprint density at radius 2 is 1.89 bits per heavy atom. The maximum Gasteiger partial charge on any atom is 0.284 e. The van der Waals surface area contributed by atoms with Gasteiger partial charge in [0.1, 0.15) is 23.2 Å². The van der Waals surface area contributed by atoms with Crippen LogP contribution in [0.2, 0.25) is 0 Å². The Morgan fingerprint density at radius 3 is 2.49 bits per heavy atom. The number of halogens is 1. The van der Waals surface area contributed by atoms with E-state index in [-0.39, 0.29) is 29.4 Å². The van der Waals surface area contributed by atoms with Crippen molar-refractivity contribution in [2.24, 2.45) is 11.7 Å². The maximum atomic E-state index is 13.0. The Morgan fingerprint density at radius 1 is 1.19 bits per heavy atom. The number of primary amides is 1. The molecule has 0 aromatic carbocycles. The van der Waals surface area contributed by atoms with Crippen molar-refractivity contribution < 1.29 is 24.0 Å². The molecule has 4 amide bonds. The summed E-state index contributed by atoms with van der Waals surface area (Å²) < 4.78 is 1.61. The molecule has 0 bridgehead atoms. The van der Waals surface area contributed by atoms with Gasteiger partial charge in [0.2, 0.25) is 17.6 Å². The summed E-state index contributed by atoms with van der Waals surface area (Å²) in [6.07, 6.45) is 1.57. The number of anilines is 1. The molecule has 2 aromatic heterocycles. The van der Waals surface area contributed by atoms with Crippen LogP contribution in [0.5, 0.6) is 0 Å². The molecular formula is C23H29BrN6O6S. The Kier molecular flexibility index (Phi) is 11.1. The zero-order valence-electron chi connectivity index (χ0n) is 20.6. The molecule has 0 radical (unpaired) electrons. The number of pyridine rings is 1. The van der Waals surface area contributed by atoms with E-state index in [1.54, 1.807) is 6.92 Å². The van der Waals surface area contributed by atoms with Crippen LogP contribution in [0, 0.1) is 12.8 Å². The van der Waals surface area contributed by atoms with Gasteiger partial charge in [-0.3, -0.25) is 28.8 Å². The van der Waals surface area contributed by atoms with E-state index in [9.17, 15) is 28.8 Å². The van der Waals surface area contributed by atoms with Gasteiger partial charge in [-0.05, 0) is 53.7 Å². The van der Waals surface area contributed by atoms with Crippen LogP contribution in [0.3, 0.4) is 0 Å². The molecule has 37 heavy (non-hydrogen) atoms. The maximum absolute atomic E-state index is 13.0. The lowest BCUT2D eigenvalue weighted by Crippen LogP contribution is -2.45. The second-order valence-electron chi connectivity index (χ2n) is 8.61. The quantitative estimate of drug-likeness (QED) is 0.249. The van der Waals surface area contributed by atoms with Crippen molar-refractivity contribution in [3.63, 3.8) is 0 Å². The predicted molar refractivity (Wildman–Crippen MR) is 141 cm³/mol. The highest BCUT2D eigenvalue weighted by Crippen LogP contribution is 2.22. The van der Waals surface area contributed by atoms with Crippen molar-refractivity contribution in [2.45, 2.75) is 52.6 Å². The standard InChI is InChI=1S/C23H29BrN6O6S/c1-12(2)8-9-26-17(32)11-30-10-4-5-15(22(30)36)29-20(34)14(6-7-16(31)19(25)33)28-21(35)18-13(3)27-23(24)37-18/h4-5,10,12,14H,6-9,11H2,1-3H3,(H2,25,33)(H,26,32)(H,28,35)(H,29,34). The normalized spacial score (nSPS) is 11.6. The Balaban J connectivity index is 2.17. The van der Waals surface area contributed by atoms with Crippen molar-refractivity contribution >= 4 is 62.4 Å². The SMILES string of the molecule is Cc1nc(Br)sc1C(=O)NC(CCC(=O)C(N)=O)C(=O)Nc1cccn(CC(=O)NCCC(C)C)c1=O. The van der Waals surface area contributed by atoms with Crippen LogP contribution in [0.15, 0.2) is 27.0 Å². The van der Waals surface area contributed by atoms with E-state index in [0.717, 1.165) is 22.3 Å². The number of aromatic nitrogens is 2. The van der Waals surface area contributed by atoms with Gasteiger partial charge in [-0.15, -0.1) is 11.3 Å². The van der Waals surface area contributed by atoms with Gasteiger partial charge in [0.25, 0.3) is 17.4 Å². The van der Waals surface area contributed by atoms with Crippen LogP contribution in [0.4, 0.5) is 5.69 Å². The highest BCUT2D eigenvalue weighted by Gasteiger charge is 2.26. The largest absolute Gasteiger partial charge is 0.363 e. The van der Waals surface area contributed by atoms with E-state index in [0.29, 0.717) is 22.1 Å². The fourth-order valence-electron chi connectivity index (χ4n) is 3.15. The van der Waals surface area contributed by atoms with Crippen molar-refractivity contribution in [1.29, 1.82) is 0 Å². The molecule has 0 aliphatic heterocycles. The van der Waals surface area contributed by atoms with Crippen LogP contribution in [-0.2, 0) is 25.7 Å². The summed E-state index contributed by atoms with van der Waals surface area (Å²) in [7, 11) is 0. The van der Waals surface area contributed by atoms with Gasteiger partial charge < -0.3 is 26.3 Å². The lowest BCUT2D eigenvalue weighted by Gasteiger charge is -2.18. The monoisotopic (exact) mass is 596 g/mol. The molecule has 2 rings (SSSR count). The summed E-state index contributed by atoms with van der Waals surface area (Å²) in [5, 5.41) is 7.70. The number of nitrogens with two attached hydrogens (primary N) is 1. The first-order valence-electron chi connectivity index (χ1n) is 11.4. The van der Waals surface area contributed by atoms with Crippen LogP contribution >= 0.6 is 27.3 Å². The van der Waals surface area contributed by atoms with E-state index < -0.39 is 41.5 Å². The minimum Gasteiger partial charge on any atom is -0.363 e. The minimum atomic E-state index is -1.27. The van der Waals surface area contributed by atoms with Gasteiger partial charge in [0.05, 0.1) is 5.69 Å². The van der Waals surface area contributed by atoms with Gasteiger partial charge in [-0.2, -0.15) is 0 Å². The van der Waals surface area contributed by atoms with Crippen molar-refractivity contribution in [2.75, 3.05) is 11.9 Å². The fourth-order valence-corrected chi connectivity index (χ4v) is 4.60. The number of hydrogen-bond donors (Lipinski definition) is 4. The van der Waals surface area contributed by atoms with Gasteiger partial charge in [-0.25, -0.2) is 4.98 Å². The number of rotatable bonds is 13. The number of carbonyl (C=O) groups is 5. The summed E-state index contributed by atoms with van der Waals surface area (Å²) in [4.78, 5) is 78.1. The molecule has 0 aliphatic carbocycles. The molecule has 0 fully saturated rings. The lowest BCUT2D eigenvalue weighted by atomic mass is 10.1. The molecule has 0 saturated carbocycles. The molecule has 0 aliphatic rings. The van der Waals surface area contributed by atoms with E-state index in [1.165, 1.54) is 18.3 Å². The van der Waals surface area contributed by atoms with Crippen molar-refractivity contribution in [3.8, 4) is 0 Å². The molecule has 1 unspecified atom stereocenters. The Bertz CT molecular complexity index is 1240. The number of aryl methyl sites for hydroxylation is 1. The first-order chi connectivity index (χ1) is 17.4. The first-order valence-corrected chi connectivity index (χ1v) is 13.0. The molecule has 2 heterocycles. The van der Waals surface area contributed by atoms with E-state index >= 15 is 0 Å². The number of amides is 4. The van der Waals surface area contributed by atoms with Crippen LogP contribution in [-0.4, -0.2) is 51.5 Å². The van der Waals surface area contributed by atoms with Crippen LogP contribution < -0.4 is 27.2 Å². The zero-order valence-corrected chi connectivity index (χ0v) is 23.0. The summed E-state index contributed by atoms with van der Waals surface area (Å²) in [5.41, 5.74) is 4.67. The number of nitrogens with one attached hydrogen (secondary N) is 3. The zero-order chi connectivity index (χ0) is 27.7. The smallest absolute Gasteiger partial charge is 0.284 e. The topological polar surface area (TPSA) is 182 Å². The average Bonchev–Trinajstić information content (AvgIpc) is 3.16. The van der Waals surface area contributed by atoms with E-state index in [2.05, 4.69) is 36.9 Å². The Hall–Kier alpha value is -3.39. The second-order valence-corrected chi connectivity index (χ2v) is 10.9. The number of carbonyl (C=O) groups excluding carboxylic acids is 5. The second kappa shape index (κ2) is 13.8. The Labute approximate surface area is 225 Å². The van der Waals surface area contributed by atoms with Gasteiger partial charge in [-0.1, -0.05) is 13.8 Å². The predicted octanol–water partition coefficient (Wildman–Crippen LogP) is 1.11. The van der Waals surface area contributed by atoms with Crippen molar-refractivity contribution in [1.82, 2.24) is 20.2 Å². The molecule has 200 valence electrons. The molecular weight excluding hydrogens is 568 g/mol. The minimum absolute atomic E-state index is 0.125. The number of ketones is 1. The van der Waals surface area contributed by atoms with E-state index in [1.807, 2.05) is 13.8 Å². The number of thiazole rings is 1. The first kappa shape index (κ1) is 29.8. The van der Waals surface area contributed by atoms with Gasteiger partial charge in [0.15, 0.2) is 3.92 Å². The summed E-state index contributed by atoms with van der Waals surface area (Å²) in [6, 6.07) is 1.56. The van der Waals surface area contributed by atoms with E-state index in [4.69, 9.17) is 5.73 Å². The molecule has 5 N–H and O–H groups in total. The third-order valence-corrected chi connectivity index (χ3v) is 6.78. The molecule has 14 heteroatoms. The molecule has 0 spiro atoms. The highest BCUT2D eigenvalue weighted by atomic mass is 79.9. The molecule has 2 aromatic rings. The van der Waals surface area contributed by atoms with Crippen molar-refractivity contribution in [3.05, 3.63) is 43.2 Å². The number of hydrogen-bond acceptors (Lipinski definition) is 8. The summed E-state index contributed by atoms with van der Waals surface area (Å²) in [5.74, 6) is -3.42. The van der Waals surface area contributed by atoms with Gasteiger partial charge >= 0.3 is 0 Å². The third-order valence-electron chi connectivity index (χ3n) is 5.17.